The van der Waals surface area contributed by atoms with Gasteiger partial charge in [-0.25, -0.2) is 18.2 Å². The summed E-state index contributed by atoms with van der Waals surface area (Å²) in [5.41, 5.74) is 5.80. The number of carbonyl (C=O) groups excluding carboxylic acids is 2. The van der Waals surface area contributed by atoms with E-state index >= 15 is 4.39 Å². The molecule has 0 radical (unpaired) electrons. The number of hydrogen-bond donors (Lipinski definition) is 2. The highest BCUT2D eigenvalue weighted by Gasteiger charge is 2.30. The second kappa shape index (κ2) is 10.4. The number of aryl methyl sites for hydroxylation is 1. The van der Waals surface area contributed by atoms with Gasteiger partial charge in [-0.2, -0.15) is 5.10 Å². The smallest absolute Gasteiger partial charge is 0.275 e. The van der Waals surface area contributed by atoms with Gasteiger partial charge in [0.2, 0.25) is 0 Å². The van der Waals surface area contributed by atoms with Gasteiger partial charge in [0.15, 0.2) is 0 Å². The molecule has 0 aliphatic carbocycles. The van der Waals surface area contributed by atoms with Gasteiger partial charge >= 0.3 is 0 Å². The lowest BCUT2D eigenvalue weighted by Gasteiger charge is -2.17. The standard InChI is InChI=1S/C23H25F3N6O3S/c1-31(2)23(34)11-4-5-12(24)18(19(11)26)22-30-16(10-36-22)21(33)29-15-8-28-32(3)20(15)17-7-6-14(27)13(25)9-35-17/h4-5,8,10,13-14,17H,6-7,9,27H2,1-3H3,(H,29,33)/t13-,14-,17+/m1/s1. The molecule has 0 unspecified atom stereocenters. The molecule has 3 atom stereocenters. The molecule has 192 valence electrons. The minimum Gasteiger partial charge on any atom is -0.369 e. The summed E-state index contributed by atoms with van der Waals surface area (Å²) in [6.45, 7) is -0.174. The Bertz CT molecular complexity index is 1280. The average Bonchev–Trinajstić information content (AvgIpc) is 3.42. The molecule has 3 heterocycles. The van der Waals surface area contributed by atoms with Crippen molar-refractivity contribution < 1.29 is 27.5 Å². The number of anilines is 1. The molecule has 1 aromatic carbocycles. The fraction of sp³-hybridized carbons (Fsp3) is 0.391. The fourth-order valence-corrected chi connectivity index (χ4v) is 4.75. The van der Waals surface area contributed by atoms with Crippen molar-refractivity contribution in [2.24, 2.45) is 12.8 Å². The molecule has 0 saturated carbocycles. The Morgan fingerprint density at radius 1 is 1.28 bits per heavy atom. The summed E-state index contributed by atoms with van der Waals surface area (Å²) >= 11 is 0.861. The number of rotatable bonds is 5. The van der Waals surface area contributed by atoms with Gasteiger partial charge in [-0.15, -0.1) is 11.3 Å². The van der Waals surface area contributed by atoms with E-state index in [0.29, 0.717) is 24.2 Å². The van der Waals surface area contributed by atoms with Crippen molar-refractivity contribution in [1.82, 2.24) is 19.7 Å². The van der Waals surface area contributed by atoms with E-state index in [9.17, 15) is 18.4 Å². The maximum Gasteiger partial charge on any atom is 0.275 e. The van der Waals surface area contributed by atoms with Crippen molar-refractivity contribution >= 4 is 28.8 Å². The van der Waals surface area contributed by atoms with Crippen LogP contribution in [0.5, 0.6) is 0 Å². The molecule has 1 aliphatic heterocycles. The number of nitrogens with two attached hydrogens (primary N) is 1. The summed E-state index contributed by atoms with van der Waals surface area (Å²) in [4.78, 5) is 30.4. The van der Waals surface area contributed by atoms with Crippen molar-refractivity contribution in [3.8, 4) is 10.6 Å². The first kappa shape index (κ1) is 25.8. The summed E-state index contributed by atoms with van der Waals surface area (Å²) in [6, 6.07) is 1.41. The highest BCUT2D eigenvalue weighted by atomic mass is 32.1. The second-order valence-corrected chi connectivity index (χ2v) is 9.48. The van der Waals surface area contributed by atoms with Crippen LogP contribution in [0.3, 0.4) is 0 Å². The quantitative estimate of drug-likeness (QED) is 0.532. The normalized spacial score (nSPS) is 20.1. The molecule has 1 saturated heterocycles. The highest BCUT2D eigenvalue weighted by molar-refractivity contribution is 7.13. The third kappa shape index (κ3) is 4.99. The summed E-state index contributed by atoms with van der Waals surface area (Å²) in [7, 11) is 4.57. The lowest BCUT2D eigenvalue weighted by Crippen LogP contribution is -2.32. The van der Waals surface area contributed by atoms with Crippen molar-refractivity contribution in [1.29, 1.82) is 0 Å². The molecular formula is C23H25F3N6O3S. The number of hydrogen-bond acceptors (Lipinski definition) is 7. The SMILES string of the molecule is CN(C)C(=O)c1ccc(F)c(-c2nc(C(=O)Nc3cnn(C)c3[C@@H]3CC[C@@H](N)[C@H](F)CO3)cs2)c1F. The molecule has 13 heteroatoms. The van der Waals surface area contributed by atoms with Gasteiger partial charge in [0.05, 0.1) is 35.3 Å². The zero-order chi connectivity index (χ0) is 26.1. The number of nitrogens with one attached hydrogen (secondary N) is 1. The number of amides is 2. The first-order chi connectivity index (χ1) is 17.1. The van der Waals surface area contributed by atoms with Crippen LogP contribution < -0.4 is 11.1 Å². The minimum atomic E-state index is -1.29. The van der Waals surface area contributed by atoms with E-state index < -0.39 is 47.3 Å². The lowest BCUT2D eigenvalue weighted by atomic mass is 10.0. The van der Waals surface area contributed by atoms with Crippen molar-refractivity contribution in [3.63, 3.8) is 0 Å². The number of nitrogens with zero attached hydrogens (tertiary/aromatic N) is 4. The Hall–Kier alpha value is -3.29. The second-order valence-electron chi connectivity index (χ2n) is 8.62. The Labute approximate surface area is 209 Å². The molecule has 2 aromatic heterocycles. The van der Waals surface area contributed by atoms with E-state index in [0.717, 1.165) is 23.5 Å². The van der Waals surface area contributed by atoms with Gasteiger partial charge in [0.25, 0.3) is 11.8 Å². The number of benzene rings is 1. The van der Waals surface area contributed by atoms with Gasteiger partial charge in [0.1, 0.15) is 34.6 Å². The number of carbonyl (C=O) groups is 2. The average molecular weight is 523 g/mol. The molecule has 1 aliphatic rings. The van der Waals surface area contributed by atoms with Gasteiger partial charge in [-0.05, 0) is 25.0 Å². The van der Waals surface area contributed by atoms with E-state index in [-0.39, 0.29) is 22.9 Å². The third-order valence-electron chi connectivity index (χ3n) is 5.90. The predicted octanol–water partition coefficient (Wildman–Crippen LogP) is 3.29. The maximum atomic E-state index is 15.1. The molecule has 36 heavy (non-hydrogen) atoms. The number of thiazole rings is 1. The van der Waals surface area contributed by atoms with Crippen LogP contribution >= 0.6 is 11.3 Å². The van der Waals surface area contributed by atoms with Crippen LogP contribution in [0.1, 0.15) is 45.5 Å². The first-order valence-electron chi connectivity index (χ1n) is 11.1. The largest absolute Gasteiger partial charge is 0.369 e. The molecule has 4 rings (SSSR count). The van der Waals surface area contributed by atoms with Crippen LogP contribution in [0.15, 0.2) is 23.7 Å². The zero-order valence-electron chi connectivity index (χ0n) is 19.8. The first-order valence-corrected chi connectivity index (χ1v) is 12.0. The number of ether oxygens (including phenoxy) is 1. The minimum absolute atomic E-state index is 0.0828. The van der Waals surface area contributed by atoms with Crippen LogP contribution in [0.25, 0.3) is 10.6 Å². The Kier molecular flexibility index (Phi) is 7.43. The Morgan fingerprint density at radius 2 is 2.03 bits per heavy atom. The topological polar surface area (TPSA) is 115 Å². The maximum absolute atomic E-state index is 15.1. The van der Waals surface area contributed by atoms with Gasteiger partial charge in [-0.3, -0.25) is 14.3 Å². The Morgan fingerprint density at radius 3 is 2.75 bits per heavy atom. The van der Waals surface area contributed by atoms with E-state index in [2.05, 4.69) is 15.4 Å². The van der Waals surface area contributed by atoms with E-state index in [1.54, 1.807) is 7.05 Å². The molecule has 0 spiro atoms. The fourth-order valence-electron chi connectivity index (χ4n) is 3.91. The van der Waals surface area contributed by atoms with Crippen LogP contribution in [0.4, 0.5) is 18.9 Å². The molecule has 9 nitrogen and oxygen atoms in total. The summed E-state index contributed by atoms with van der Waals surface area (Å²) in [5.74, 6) is -3.23. The van der Waals surface area contributed by atoms with E-state index in [1.807, 2.05) is 0 Å². The van der Waals surface area contributed by atoms with Crippen LogP contribution in [-0.4, -0.2) is 64.4 Å². The van der Waals surface area contributed by atoms with E-state index in [1.165, 1.54) is 35.3 Å². The van der Waals surface area contributed by atoms with Crippen molar-refractivity contribution in [3.05, 3.63) is 52.3 Å². The van der Waals surface area contributed by atoms with Gasteiger partial charge in [-0.1, -0.05) is 0 Å². The number of aromatic nitrogens is 3. The number of alkyl halides is 1. The van der Waals surface area contributed by atoms with Crippen LogP contribution in [0.2, 0.25) is 0 Å². The van der Waals surface area contributed by atoms with Crippen molar-refractivity contribution in [2.45, 2.75) is 31.2 Å². The predicted molar refractivity (Wildman–Crippen MR) is 127 cm³/mol. The van der Waals surface area contributed by atoms with Crippen LogP contribution in [-0.2, 0) is 11.8 Å². The molecular weight excluding hydrogens is 497 g/mol. The Balaban J connectivity index is 1.58. The number of halogens is 3. The molecule has 2 amide bonds. The molecule has 3 N–H and O–H groups in total. The van der Waals surface area contributed by atoms with Crippen molar-refractivity contribution in [2.75, 3.05) is 26.0 Å². The van der Waals surface area contributed by atoms with Crippen LogP contribution in [0, 0.1) is 11.6 Å². The molecule has 3 aromatic rings. The molecule has 0 bridgehead atoms. The summed E-state index contributed by atoms with van der Waals surface area (Å²) in [6.07, 6.45) is 0.433. The van der Waals surface area contributed by atoms with Gasteiger partial charge < -0.3 is 20.7 Å². The monoisotopic (exact) mass is 522 g/mol. The van der Waals surface area contributed by atoms with Gasteiger partial charge in [0, 0.05) is 32.6 Å². The molecule has 1 fully saturated rings. The third-order valence-corrected chi connectivity index (χ3v) is 6.76. The zero-order valence-corrected chi connectivity index (χ0v) is 20.6. The lowest BCUT2D eigenvalue weighted by molar-refractivity contribution is 0.0247. The summed E-state index contributed by atoms with van der Waals surface area (Å²) < 4.78 is 50.8. The summed E-state index contributed by atoms with van der Waals surface area (Å²) in [5, 5.41) is 8.13. The van der Waals surface area contributed by atoms with E-state index in [4.69, 9.17) is 10.5 Å². The highest BCUT2D eigenvalue weighted by Crippen LogP contribution is 2.34.